The fourth-order valence-electron chi connectivity index (χ4n) is 4.26. The molecule has 2 bridgehead atoms. The van der Waals surface area contributed by atoms with Gasteiger partial charge in [-0.05, 0) is 56.5 Å². The first-order valence-electron chi connectivity index (χ1n) is 9.49. The van der Waals surface area contributed by atoms with Crippen molar-refractivity contribution >= 4 is 23.2 Å². The lowest BCUT2D eigenvalue weighted by Gasteiger charge is -2.31. The minimum Gasteiger partial charge on any atom is -0.374 e. The highest BCUT2D eigenvalue weighted by molar-refractivity contribution is 6.31. The minimum atomic E-state index is -0.235. The van der Waals surface area contributed by atoms with Gasteiger partial charge in [0.1, 0.15) is 0 Å². The van der Waals surface area contributed by atoms with Crippen LogP contribution in [0.25, 0.3) is 0 Å². The first-order valence-corrected chi connectivity index (χ1v) is 9.87. The molecule has 6 nitrogen and oxygen atoms in total. The van der Waals surface area contributed by atoms with Crippen LogP contribution in [0.3, 0.4) is 0 Å². The number of amides is 1. The maximum atomic E-state index is 12.9. The molecule has 1 amide bonds. The average Bonchev–Trinajstić information content (AvgIpc) is 3.25. The number of rotatable bonds is 4. The summed E-state index contributed by atoms with van der Waals surface area (Å²) in [6.07, 6.45) is 1.28. The molecule has 2 aliphatic rings. The van der Waals surface area contributed by atoms with Gasteiger partial charge in [-0.2, -0.15) is 0 Å². The van der Waals surface area contributed by atoms with Crippen molar-refractivity contribution in [3.05, 3.63) is 61.5 Å². The van der Waals surface area contributed by atoms with Gasteiger partial charge >= 0.3 is 0 Å². The van der Waals surface area contributed by atoms with Crippen LogP contribution in [0.1, 0.15) is 39.2 Å². The van der Waals surface area contributed by atoms with Gasteiger partial charge in [0.05, 0.1) is 18.8 Å². The predicted molar refractivity (Wildman–Crippen MR) is 109 cm³/mol. The lowest BCUT2D eigenvalue weighted by atomic mass is 10.0. The van der Waals surface area contributed by atoms with Gasteiger partial charge in [-0.15, -0.1) is 0 Å². The molecule has 0 saturated carbocycles. The minimum absolute atomic E-state index is 0.170. The van der Waals surface area contributed by atoms with Crippen LogP contribution < -0.4 is 15.8 Å². The molecule has 2 N–H and O–H groups in total. The normalized spacial score (nSPS) is 20.6. The van der Waals surface area contributed by atoms with E-state index in [2.05, 4.69) is 15.2 Å². The Balaban J connectivity index is 1.57. The number of anilines is 1. The molecule has 4 rings (SSSR count). The molecule has 2 saturated heterocycles. The second-order valence-electron chi connectivity index (χ2n) is 7.72. The third-order valence-corrected chi connectivity index (χ3v) is 5.94. The number of nitrogens with zero attached hydrogens (tertiary/aromatic N) is 1. The van der Waals surface area contributed by atoms with Crippen molar-refractivity contribution < 1.29 is 9.53 Å². The summed E-state index contributed by atoms with van der Waals surface area (Å²) in [5.74, 6) is -0.235. The highest BCUT2D eigenvalue weighted by atomic mass is 35.5. The van der Waals surface area contributed by atoms with Crippen molar-refractivity contribution in [2.45, 2.75) is 45.9 Å². The monoisotopic (exact) mass is 401 g/mol. The zero-order chi connectivity index (χ0) is 20.0. The third kappa shape index (κ3) is 3.42. The van der Waals surface area contributed by atoms with Crippen molar-refractivity contribution in [3.63, 3.8) is 0 Å². The fourth-order valence-corrected chi connectivity index (χ4v) is 4.47. The number of hydrogen-bond acceptors (Lipinski definition) is 4. The van der Waals surface area contributed by atoms with Crippen molar-refractivity contribution in [3.8, 4) is 0 Å². The Morgan fingerprint density at radius 1 is 1.32 bits per heavy atom. The summed E-state index contributed by atoms with van der Waals surface area (Å²) >= 11 is 6.34. The van der Waals surface area contributed by atoms with Crippen LogP contribution in [0.2, 0.25) is 5.02 Å². The van der Waals surface area contributed by atoms with E-state index in [9.17, 15) is 9.59 Å². The fraction of sp³-hybridized carbons (Fsp3) is 0.429. The highest BCUT2D eigenvalue weighted by Gasteiger charge is 2.39. The van der Waals surface area contributed by atoms with E-state index in [1.54, 1.807) is 6.07 Å². The Hall–Kier alpha value is -2.31. The van der Waals surface area contributed by atoms with Crippen molar-refractivity contribution in [1.82, 2.24) is 10.3 Å². The van der Waals surface area contributed by atoms with E-state index < -0.39 is 0 Å². The van der Waals surface area contributed by atoms with Crippen molar-refractivity contribution in [2.75, 3.05) is 18.1 Å². The summed E-state index contributed by atoms with van der Waals surface area (Å²) in [7, 11) is 0. The zero-order valence-corrected chi connectivity index (χ0v) is 17.0. The van der Waals surface area contributed by atoms with Crippen LogP contribution in [0.5, 0.6) is 0 Å². The largest absolute Gasteiger partial charge is 0.374 e. The molecular formula is C21H24ClN3O3. The molecule has 0 spiro atoms. The number of fused-ring (bicyclic) bond motifs is 2. The number of morpholine rings is 1. The summed E-state index contributed by atoms with van der Waals surface area (Å²) in [5, 5.41) is 3.40. The van der Waals surface area contributed by atoms with Gasteiger partial charge in [0.25, 0.3) is 11.5 Å². The summed E-state index contributed by atoms with van der Waals surface area (Å²) in [6, 6.07) is 5.85. The number of pyridine rings is 1. The topological polar surface area (TPSA) is 74.4 Å². The van der Waals surface area contributed by atoms with Gasteiger partial charge in [-0.25, -0.2) is 0 Å². The second kappa shape index (κ2) is 7.26. The summed E-state index contributed by atoms with van der Waals surface area (Å²) in [4.78, 5) is 30.1. The molecule has 2 atom stereocenters. The van der Waals surface area contributed by atoms with E-state index in [0.29, 0.717) is 28.8 Å². The SMILES string of the molecule is Cc1cc(C)c(CNC(=O)c2cc(Cl)cc(N3C[C@@H]4C[C@H]3CO4)c2C)c(=O)[nH]1. The van der Waals surface area contributed by atoms with Crippen LogP contribution >= 0.6 is 11.6 Å². The third-order valence-electron chi connectivity index (χ3n) is 5.72. The number of carbonyl (C=O) groups is 1. The van der Waals surface area contributed by atoms with Crippen LogP contribution in [-0.4, -0.2) is 36.2 Å². The Bertz CT molecular complexity index is 1000. The molecule has 2 aliphatic heterocycles. The molecule has 0 radical (unpaired) electrons. The standard InChI is InChI=1S/C21H24ClN3O3/c1-11-4-12(2)24-21(27)18(11)8-23-20(26)17-5-14(22)6-19(13(17)3)25-9-16-7-15(25)10-28-16/h4-6,15-16H,7-10H2,1-3H3,(H,23,26)(H,24,27)/t15-,16-/m0/s1. The molecule has 2 aromatic rings. The molecule has 1 aromatic heterocycles. The van der Waals surface area contributed by atoms with Gasteiger partial charge in [-0.3, -0.25) is 9.59 Å². The second-order valence-corrected chi connectivity index (χ2v) is 8.16. The first-order chi connectivity index (χ1) is 13.3. The molecule has 0 unspecified atom stereocenters. The highest BCUT2D eigenvalue weighted by Crippen LogP contribution is 2.36. The number of aromatic amines is 1. The lowest BCUT2D eigenvalue weighted by molar-refractivity contribution is 0.0950. The van der Waals surface area contributed by atoms with Gasteiger partial charge in [-0.1, -0.05) is 11.6 Å². The van der Waals surface area contributed by atoms with E-state index in [4.69, 9.17) is 16.3 Å². The van der Waals surface area contributed by atoms with E-state index in [1.165, 1.54) is 0 Å². The average molecular weight is 402 g/mol. The Morgan fingerprint density at radius 2 is 2.11 bits per heavy atom. The number of aromatic nitrogens is 1. The first kappa shape index (κ1) is 19.0. The number of halogens is 1. The summed E-state index contributed by atoms with van der Waals surface area (Å²) in [5.41, 5.74) is 4.46. The number of aryl methyl sites for hydroxylation is 2. The van der Waals surface area contributed by atoms with E-state index >= 15 is 0 Å². The molecule has 28 heavy (non-hydrogen) atoms. The van der Waals surface area contributed by atoms with Crippen LogP contribution in [0, 0.1) is 20.8 Å². The summed E-state index contributed by atoms with van der Waals surface area (Å²) < 4.78 is 5.68. The van der Waals surface area contributed by atoms with Crippen LogP contribution in [0.4, 0.5) is 5.69 Å². The number of H-pyrrole nitrogens is 1. The lowest BCUT2D eigenvalue weighted by Crippen LogP contribution is -2.37. The molecule has 3 heterocycles. The van der Waals surface area contributed by atoms with E-state index in [0.717, 1.165) is 35.5 Å². The van der Waals surface area contributed by atoms with Gasteiger partial charge < -0.3 is 19.9 Å². The maximum Gasteiger partial charge on any atom is 0.253 e. The molecule has 2 fully saturated rings. The Morgan fingerprint density at radius 3 is 2.75 bits per heavy atom. The number of benzene rings is 1. The maximum absolute atomic E-state index is 12.9. The molecule has 148 valence electrons. The Labute approximate surface area is 168 Å². The van der Waals surface area contributed by atoms with Crippen LogP contribution in [-0.2, 0) is 11.3 Å². The van der Waals surface area contributed by atoms with E-state index in [-0.39, 0.29) is 24.1 Å². The smallest absolute Gasteiger partial charge is 0.253 e. The predicted octanol–water partition coefficient (Wildman–Crippen LogP) is 2.86. The molecule has 7 heteroatoms. The molecular weight excluding hydrogens is 378 g/mol. The number of hydrogen-bond donors (Lipinski definition) is 2. The van der Waals surface area contributed by atoms with Gasteiger partial charge in [0.15, 0.2) is 0 Å². The molecule has 0 aliphatic carbocycles. The number of ether oxygens (including phenoxy) is 1. The summed E-state index contributed by atoms with van der Waals surface area (Å²) in [6.45, 7) is 7.36. The van der Waals surface area contributed by atoms with Gasteiger partial charge in [0, 0.05) is 40.6 Å². The van der Waals surface area contributed by atoms with Crippen LogP contribution in [0.15, 0.2) is 23.0 Å². The number of nitrogens with one attached hydrogen (secondary N) is 2. The number of carbonyl (C=O) groups excluding carboxylic acids is 1. The quantitative estimate of drug-likeness (QED) is 0.826. The van der Waals surface area contributed by atoms with Gasteiger partial charge in [0.2, 0.25) is 0 Å². The molecule has 1 aromatic carbocycles. The van der Waals surface area contributed by atoms with E-state index in [1.807, 2.05) is 32.9 Å². The van der Waals surface area contributed by atoms with Crippen molar-refractivity contribution in [2.24, 2.45) is 0 Å². The van der Waals surface area contributed by atoms with Crippen molar-refractivity contribution in [1.29, 1.82) is 0 Å². The Kier molecular flexibility index (Phi) is 4.93. The zero-order valence-electron chi connectivity index (χ0n) is 16.3.